The number of aryl methyl sites for hydroxylation is 2. The summed E-state index contributed by atoms with van der Waals surface area (Å²) in [6.45, 7) is 3.44. The fourth-order valence-corrected chi connectivity index (χ4v) is 3.22. The van der Waals surface area contributed by atoms with E-state index in [0.717, 1.165) is 12.1 Å². The number of benzene rings is 1. The summed E-state index contributed by atoms with van der Waals surface area (Å²) in [5.41, 5.74) is 0.355. The Morgan fingerprint density at radius 3 is 2.67 bits per heavy atom. The Hall–Kier alpha value is -2.93. The van der Waals surface area contributed by atoms with Crippen LogP contribution in [0.4, 0.5) is 13.2 Å². The number of hydrogen-bond acceptors (Lipinski definition) is 7. The lowest BCUT2D eigenvalue weighted by Gasteiger charge is -2.06. The number of thioether (sulfide) groups is 1. The monoisotopic (exact) mass is 391 g/mol. The number of nitriles is 1. The van der Waals surface area contributed by atoms with Gasteiger partial charge in [-0.05, 0) is 26.0 Å². The van der Waals surface area contributed by atoms with Crippen molar-refractivity contribution in [2.24, 2.45) is 0 Å². The zero-order valence-electron chi connectivity index (χ0n) is 14.2. The number of aromatic nitrogens is 4. The second-order valence-corrected chi connectivity index (χ2v) is 6.49. The van der Waals surface area contributed by atoms with Gasteiger partial charge in [0.15, 0.2) is 0 Å². The molecule has 138 valence electrons. The molecule has 0 bridgehead atoms. The molecule has 6 nitrogen and oxygen atoms in total. The van der Waals surface area contributed by atoms with Crippen LogP contribution >= 0.6 is 11.8 Å². The molecule has 10 heteroatoms. The molecule has 0 fully saturated rings. The Balaban J connectivity index is 1.79. The fraction of sp³-hybridized carbons (Fsp3) is 0.235. The zero-order chi connectivity index (χ0) is 19.6. The second-order valence-electron chi connectivity index (χ2n) is 5.53. The average molecular weight is 391 g/mol. The van der Waals surface area contributed by atoms with Crippen LogP contribution in [0.25, 0.3) is 11.4 Å². The molecule has 0 aliphatic heterocycles. The summed E-state index contributed by atoms with van der Waals surface area (Å²) in [6, 6.07) is 6.76. The summed E-state index contributed by atoms with van der Waals surface area (Å²) in [7, 11) is 0. The lowest BCUT2D eigenvalue weighted by Crippen LogP contribution is -2.04. The predicted octanol–water partition coefficient (Wildman–Crippen LogP) is 4.33. The summed E-state index contributed by atoms with van der Waals surface area (Å²) in [6.07, 6.45) is -4.45. The molecule has 0 saturated carbocycles. The molecule has 27 heavy (non-hydrogen) atoms. The topological polar surface area (TPSA) is 88.5 Å². The van der Waals surface area contributed by atoms with E-state index in [-0.39, 0.29) is 23.0 Å². The van der Waals surface area contributed by atoms with E-state index >= 15 is 0 Å². The maximum absolute atomic E-state index is 12.8. The summed E-state index contributed by atoms with van der Waals surface area (Å²) < 4.78 is 43.6. The number of hydrogen-bond donors (Lipinski definition) is 0. The van der Waals surface area contributed by atoms with Crippen molar-refractivity contribution >= 4 is 11.8 Å². The molecule has 0 aliphatic carbocycles. The molecule has 3 rings (SSSR count). The zero-order valence-corrected chi connectivity index (χ0v) is 15.0. The molecular formula is C17H12F3N5OS. The van der Waals surface area contributed by atoms with Gasteiger partial charge in [-0.3, -0.25) is 0 Å². The number of rotatable bonds is 4. The summed E-state index contributed by atoms with van der Waals surface area (Å²) in [5, 5.41) is 13.5. The quantitative estimate of drug-likeness (QED) is 0.483. The normalized spacial score (nSPS) is 11.4. The molecule has 0 aliphatic rings. The third-order valence-electron chi connectivity index (χ3n) is 3.53. The molecule has 0 atom stereocenters. The molecule has 3 aromatic rings. The Kier molecular flexibility index (Phi) is 5.14. The summed E-state index contributed by atoms with van der Waals surface area (Å²) in [5.74, 6) is 1.03. The SMILES string of the molecule is Cc1nc(C)c(C#N)c(SCc2nc(-c3cccc(C(F)(F)F)c3)no2)n1. The third kappa shape index (κ3) is 4.25. The van der Waals surface area contributed by atoms with E-state index in [1.54, 1.807) is 13.8 Å². The molecule has 2 heterocycles. The third-order valence-corrected chi connectivity index (χ3v) is 4.49. The van der Waals surface area contributed by atoms with Gasteiger partial charge in [-0.15, -0.1) is 0 Å². The highest BCUT2D eigenvalue weighted by Crippen LogP contribution is 2.32. The number of alkyl halides is 3. The standard InChI is InChI=1S/C17H12F3N5OS/c1-9-13(7-21)16(23-10(2)22-9)27-8-14-24-15(25-26-14)11-4-3-5-12(6-11)17(18,19)20/h3-6H,8H2,1-2H3. The first-order chi connectivity index (χ1) is 12.8. The minimum atomic E-state index is -4.45. The lowest BCUT2D eigenvalue weighted by molar-refractivity contribution is -0.137. The van der Waals surface area contributed by atoms with Crippen LogP contribution in [-0.4, -0.2) is 20.1 Å². The Labute approximate surface area is 156 Å². The molecule has 1 aromatic carbocycles. The lowest BCUT2D eigenvalue weighted by atomic mass is 10.1. The van der Waals surface area contributed by atoms with Gasteiger partial charge < -0.3 is 4.52 Å². The van der Waals surface area contributed by atoms with E-state index in [4.69, 9.17) is 4.52 Å². The minimum Gasteiger partial charge on any atom is -0.338 e. The first kappa shape index (κ1) is 18.8. The van der Waals surface area contributed by atoms with Gasteiger partial charge in [0.25, 0.3) is 0 Å². The molecule has 0 spiro atoms. The van der Waals surface area contributed by atoms with Gasteiger partial charge in [0, 0.05) is 5.56 Å². The van der Waals surface area contributed by atoms with E-state index < -0.39 is 11.7 Å². The Bertz CT molecular complexity index is 1030. The number of nitrogens with zero attached hydrogens (tertiary/aromatic N) is 5. The summed E-state index contributed by atoms with van der Waals surface area (Å²) in [4.78, 5) is 12.5. The minimum absolute atomic E-state index is 0.0623. The van der Waals surface area contributed by atoms with Crippen LogP contribution < -0.4 is 0 Å². The van der Waals surface area contributed by atoms with Crippen LogP contribution in [0.1, 0.15) is 28.5 Å². The molecule has 0 N–H and O–H groups in total. The smallest absolute Gasteiger partial charge is 0.338 e. The second kappa shape index (κ2) is 7.36. The predicted molar refractivity (Wildman–Crippen MR) is 90.5 cm³/mol. The van der Waals surface area contributed by atoms with E-state index in [1.165, 1.54) is 23.9 Å². The Morgan fingerprint density at radius 1 is 1.19 bits per heavy atom. The van der Waals surface area contributed by atoms with Crippen molar-refractivity contribution in [2.75, 3.05) is 0 Å². The average Bonchev–Trinajstić information content (AvgIpc) is 3.08. The van der Waals surface area contributed by atoms with E-state index in [9.17, 15) is 18.4 Å². The van der Waals surface area contributed by atoms with Crippen LogP contribution in [0, 0.1) is 25.2 Å². The van der Waals surface area contributed by atoms with Crippen molar-refractivity contribution in [3.63, 3.8) is 0 Å². The van der Waals surface area contributed by atoms with Crippen LogP contribution in [0.3, 0.4) is 0 Å². The van der Waals surface area contributed by atoms with Crippen molar-refractivity contribution < 1.29 is 17.7 Å². The highest BCUT2D eigenvalue weighted by atomic mass is 32.2. The van der Waals surface area contributed by atoms with Crippen LogP contribution in [0.5, 0.6) is 0 Å². The van der Waals surface area contributed by atoms with Crippen molar-refractivity contribution in [1.82, 2.24) is 20.1 Å². The van der Waals surface area contributed by atoms with Crippen molar-refractivity contribution in [3.05, 3.63) is 52.8 Å². The van der Waals surface area contributed by atoms with Gasteiger partial charge in [0.2, 0.25) is 11.7 Å². The van der Waals surface area contributed by atoms with Gasteiger partial charge >= 0.3 is 6.18 Å². The van der Waals surface area contributed by atoms with Gasteiger partial charge in [0.05, 0.1) is 17.0 Å². The van der Waals surface area contributed by atoms with Crippen molar-refractivity contribution in [2.45, 2.75) is 30.8 Å². The maximum atomic E-state index is 12.8. The first-order valence-electron chi connectivity index (χ1n) is 7.66. The van der Waals surface area contributed by atoms with Gasteiger partial charge in [-0.1, -0.05) is 29.1 Å². The van der Waals surface area contributed by atoms with Gasteiger partial charge in [-0.2, -0.15) is 23.4 Å². The first-order valence-corrected chi connectivity index (χ1v) is 8.65. The largest absolute Gasteiger partial charge is 0.416 e. The molecule has 0 unspecified atom stereocenters. The van der Waals surface area contributed by atoms with Gasteiger partial charge in [-0.25, -0.2) is 9.97 Å². The van der Waals surface area contributed by atoms with Crippen molar-refractivity contribution in [1.29, 1.82) is 5.26 Å². The highest BCUT2D eigenvalue weighted by molar-refractivity contribution is 7.98. The van der Waals surface area contributed by atoms with Gasteiger partial charge in [0.1, 0.15) is 22.5 Å². The van der Waals surface area contributed by atoms with E-state index in [1.807, 2.05) is 0 Å². The highest BCUT2D eigenvalue weighted by Gasteiger charge is 2.30. The molecule has 0 saturated heterocycles. The number of halogens is 3. The maximum Gasteiger partial charge on any atom is 0.416 e. The fourth-order valence-electron chi connectivity index (χ4n) is 2.31. The molecule has 0 amide bonds. The molecule has 2 aromatic heterocycles. The van der Waals surface area contributed by atoms with Crippen LogP contribution in [0.2, 0.25) is 0 Å². The molecule has 0 radical (unpaired) electrons. The van der Waals surface area contributed by atoms with Crippen LogP contribution in [-0.2, 0) is 11.9 Å². The van der Waals surface area contributed by atoms with Crippen molar-refractivity contribution in [3.8, 4) is 17.5 Å². The van der Waals surface area contributed by atoms with E-state index in [0.29, 0.717) is 22.1 Å². The van der Waals surface area contributed by atoms with E-state index in [2.05, 4.69) is 26.2 Å². The molecular weight excluding hydrogens is 379 g/mol. The summed E-state index contributed by atoms with van der Waals surface area (Å²) >= 11 is 1.22. The van der Waals surface area contributed by atoms with Crippen LogP contribution in [0.15, 0.2) is 33.8 Å². The Morgan fingerprint density at radius 2 is 1.96 bits per heavy atom.